The van der Waals surface area contributed by atoms with Crippen molar-refractivity contribution in [1.29, 1.82) is 0 Å². The van der Waals surface area contributed by atoms with Gasteiger partial charge >= 0.3 is 6.03 Å². The molecule has 0 saturated carbocycles. The lowest BCUT2D eigenvalue weighted by atomic mass is 10.0. The van der Waals surface area contributed by atoms with Gasteiger partial charge in [0.2, 0.25) is 0 Å². The van der Waals surface area contributed by atoms with Crippen molar-refractivity contribution in [2.45, 2.75) is 20.5 Å². The van der Waals surface area contributed by atoms with Crippen LogP contribution in [0.5, 0.6) is 11.5 Å². The van der Waals surface area contributed by atoms with E-state index in [4.69, 9.17) is 9.47 Å². The van der Waals surface area contributed by atoms with E-state index in [0.717, 1.165) is 16.0 Å². The average molecular weight is 474 g/mol. The molecule has 1 aliphatic rings. The maximum atomic E-state index is 13.5. The van der Waals surface area contributed by atoms with Crippen LogP contribution in [0.2, 0.25) is 0 Å². The maximum Gasteiger partial charge on any atom is 0.335 e. The number of hydrogen-bond acceptors (Lipinski definition) is 5. The molecule has 0 atom stereocenters. The average Bonchev–Trinajstić information content (AvgIpc) is 2.83. The Morgan fingerprint density at radius 3 is 2.51 bits per heavy atom. The largest absolute Gasteiger partial charge is 0.497 e. The fraction of sp³-hybridized carbons (Fsp3) is 0.148. The molecule has 3 aromatic carbocycles. The summed E-state index contributed by atoms with van der Waals surface area (Å²) >= 11 is 0. The standard InChI is InChI=1S/C27H23FN2O5/c1-16-6-4-9-23(17(16)2)30-26(32)22(25(31)29-27(30)33)13-19-10-11-21(34-3)14-24(19)35-15-18-7-5-8-20(28)12-18/h4-14H,15H2,1-3H3,(H,29,31,33)/b22-13+. The number of nitrogens with zero attached hydrogens (tertiary/aromatic N) is 1. The third kappa shape index (κ3) is 4.91. The van der Waals surface area contributed by atoms with Crippen LogP contribution >= 0.6 is 0 Å². The number of nitrogens with one attached hydrogen (secondary N) is 1. The number of ether oxygens (including phenoxy) is 2. The highest BCUT2D eigenvalue weighted by Crippen LogP contribution is 2.31. The summed E-state index contributed by atoms with van der Waals surface area (Å²) in [4.78, 5) is 39.5. The van der Waals surface area contributed by atoms with Crippen molar-refractivity contribution in [1.82, 2.24) is 5.32 Å². The topological polar surface area (TPSA) is 84.9 Å². The molecule has 8 heteroatoms. The third-order valence-corrected chi connectivity index (χ3v) is 5.72. The Kier molecular flexibility index (Phi) is 6.64. The molecule has 35 heavy (non-hydrogen) atoms. The van der Waals surface area contributed by atoms with Crippen molar-refractivity contribution < 1.29 is 28.2 Å². The van der Waals surface area contributed by atoms with Gasteiger partial charge in [-0.2, -0.15) is 0 Å². The van der Waals surface area contributed by atoms with Crippen LogP contribution in [-0.2, 0) is 16.2 Å². The number of carbonyl (C=O) groups is 3. The van der Waals surface area contributed by atoms with Gasteiger partial charge < -0.3 is 9.47 Å². The van der Waals surface area contributed by atoms with Gasteiger partial charge in [0.15, 0.2) is 0 Å². The summed E-state index contributed by atoms with van der Waals surface area (Å²) in [5.74, 6) is -1.14. The van der Waals surface area contributed by atoms with Gasteiger partial charge in [-0.3, -0.25) is 14.9 Å². The second kappa shape index (κ2) is 9.80. The number of barbiturate groups is 1. The lowest BCUT2D eigenvalue weighted by Crippen LogP contribution is -2.54. The van der Waals surface area contributed by atoms with Gasteiger partial charge in [0.05, 0.1) is 12.8 Å². The van der Waals surface area contributed by atoms with E-state index < -0.39 is 17.8 Å². The molecular formula is C27H23FN2O5. The van der Waals surface area contributed by atoms with Gasteiger partial charge in [0.1, 0.15) is 29.5 Å². The van der Waals surface area contributed by atoms with Crippen molar-refractivity contribution in [2.24, 2.45) is 0 Å². The SMILES string of the molecule is COc1ccc(/C=C2\C(=O)NC(=O)N(c3cccc(C)c3C)C2=O)c(OCc2cccc(F)c2)c1. The number of benzene rings is 3. The molecule has 0 bridgehead atoms. The van der Waals surface area contributed by atoms with E-state index in [-0.39, 0.29) is 18.0 Å². The predicted octanol–water partition coefficient (Wildman–Crippen LogP) is 4.70. The number of carbonyl (C=O) groups excluding carboxylic acids is 3. The molecule has 1 heterocycles. The minimum Gasteiger partial charge on any atom is -0.497 e. The number of amides is 4. The number of aryl methyl sites for hydroxylation is 1. The Labute approximate surface area is 201 Å². The molecule has 3 aromatic rings. The Hall–Kier alpha value is -4.46. The molecule has 0 radical (unpaired) electrons. The number of imide groups is 2. The Bertz CT molecular complexity index is 1370. The van der Waals surface area contributed by atoms with Crippen LogP contribution in [0.4, 0.5) is 14.9 Å². The van der Waals surface area contributed by atoms with Crippen LogP contribution in [0.15, 0.2) is 66.2 Å². The van der Waals surface area contributed by atoms with Gasteiger partial charge in [-0.25, -0.2) is 14.1 Å². The molecule has 7 nitrogen and oxygen atoms in total. The van der Waals surface area contributed by atoms with E-state index >= 15 is 0 Å². The van der Waals surface area contributed by atoms with E-state index in [2.05, 4.69) is 5.32 Å². The number of halogens is 1. The van der Waals surface area contributed by atoms with Crippen LogP contribution in [0.1, 0.15) is 22.3 Å². The summed E-state index contributed by atoms with van der Waals surface area (Å²) in [5, 5.41) is 2.23. The van der Waals surface area contributed by atoms with Crippen molar-refractivity contribution >= 4 is 29.6 Å². The molecule has 0 unspecified atom stereocenters. The molecule has 178 valence electrons. The minimum atomic E-state index is -0.817. The fourth-order valence-corrected chi connectivity index (χ4v) is 3.68. The number of urea groups is 1. The molecule has 1 aliphatic heterocycles. The second-order valence-electron chi connectivity index (χ2n) is 8.00. The maximum absolute atomic E-state index is 13.5. The highest BCUT2D eigenvalue weighted by Gasteiger charge is 2.37. The van der Waals surface area contributed by atoms with Gasteiger partial charge in [-0.15, -0.1) is 0 Å². The first-order chi connectivity index (χ1) is 16.8. The Morgan fingerprint density at radius 1 is 1.00 bits per heavy atom. The number of methoxy groups -OCH3 is 1. The zero-order valence-corrected chi connectivity index (χ0v) is 19.4. The third-order valence-electron chi connectivity index (χ3n) is 5.72. The Morgan fingerprint density at radius 2 is 1.77 bits per heavy atom. The summed E-state index contributed by atoms with van der Waals surface area (Å²) < 4.78 is 24.7. The predicted molar refractivity (Wildman–Crippen MR) is 129 cm³/mol. The summed E-state index contributed by atoms with van der Waals surface area (Å²) in [6, 6.07) is 15.3. The number of anilines is 1. The summed E-state index contributed by atoms with van der Waals surface area (Å²) in [6.07, 6.45) is 1.36. The monoisotopic (exact) mass is 474 g/mol. The van der Waals surface area contributed by atoms with Gasteiger partial charge in [-0.1, -0.05) is 24.3 Å². The smallest absolute Gasteiger partial charge is 0.335 e. The molecule has 1 N–H and O–H groups in total. The lowest BCUT2D eigenvalue weighted by Gasteiger charge is -2.28. The normalized spacial score (nSPS) is 14.8. The van der Waals surface area contributed by atoms with Crippen LogP contribution < -0.4 is 19.7 Å². The lowest BCUT2D eigenvalue weighted by molar-refractivity contribution is -0.122. The summed E-state index contributed by atoms with van der Waals surface area (Å²) in [7, 11) is 1.50. The van der Waals surface area contributed by atoms with E-state index in [1.165, 1.54) is 25.3 Å². The second-order valence-corrected chi connectivity index (χ2v) is 8.00. The number of hydrogen-bond donors (Lipinski definition) is 1. The van der Waals surface area contributed by atoms with Gasteiger partial charge in [-0.05, 0) is 66.9 Å². The van der Waals surface area contributed by atoms with E-state index in [9.17, 15) is 18.8 Å². The first kappa shape index (κ1) is 23.7. The Balaban J connectivity index is 1.71. The zero-order valence-electron chi connectivity index (χ0n) is 19.4. The highest BCUT2D eigenvalue weighted by molar-refractivity contribution is 6.39. The van der Waals surface area contributed by atoms with Crippen molar-refractivity contribution in [3.8, 4) is 11.5 Å². The van der Waals surface area contributed by atoms with Crippen molar-refractivity contribution in [3.05, 3.63) is 94.3 Å². The molecule has 4 rings (SSSR count). The molecule has 0 spiro atoms. The molecule has 0 aromatic heterocycles. The van der Waals surface area contributed by atoms with Crippen LogP contribution in [0.25, 0.3) is 6.08 Å². The van der Waals surface area contributed by atoms with Crippen LogP contribution in [0.3, 0.4) is 0 Å². The van der Waals surface area contributed by atoms with Crippen LogP contribution in [-0.4, -0.2) is 25.0 Å². The molecule has 1 saturated heterocycles. The minimum absolute atomic E-state index is 0.0499. The highest BCUT2D eigenvalue weighted by atomic mass is 19.1. The van der Waals surface area contributed by atoms with Gasteiger partial charge in [0.25, 0.3) is 11.8 Å². The quantitative estimate of drug-likeness (QED) is 0.414. The van der Waals surface area contributed by atoms with E-state index in [1.54, 1.807) is 49.4 Å². The van der Waals surface area contributed by atoms with Crippen molar-refractivity contribution in [3.63, 3.8) is 0 Å². The zero-order chi connectivity index (χ0) is 25.1. The van der Waals surface area contributed by atoms with Gasteiger partial charge in [0, 0.05) is 11.6 Å². The molecule has 0 aliphatic carbocycles. The van der Waals surface area contributed by atoms with E-state index in [0.29, 0.717) is 28.3 Å². The summed E-state index contributed by atoms with van der Waals surface area (Å²) in [5.41, 5.74) is 2.82. The molecule has 4 amide bonds. The first-order valence-electron chi connectivity index (χ1n) is 10.8. The molecule has 1 fully saturated rings. The summed E-state index contributed by atoms with van der Waals surface area (Å²) in [6.45, 7) is 3.72. The molecular weight excluding hydrogens is 451 g/mol. The van der Waals surface area contributed by atoms with Crippen LogP contribution in [0, 0.1) is 19.7 Å². The number of rotatable bonds is 6. The van der Waals surface area contributed by atoms with Crippen molar-refractivity contribution in [2.75, 3.05) is 12.0 Å². The van der Waals surface area contributed by atoms with E-state index in [1.807, 2.05) is 13.0 Å². The fourth-order valence-electron chi connectivity index (χ4n) is 3.68. The first-order valence-corrected chi connectivity index (χ1v) is 10.8.